The fraction of sp³-hybridized carbons (Fsp3) is 0.750. The highest BCUT2D eigenvalue weighted by atomic mass is 15.1. The molecule has 1 saturated carbocycles. The van der Waals surface area contributed by atoms with Crippen LogP contribution >= 0.6 is 0 Å². The van der Waals surface area contributed by atoms with Gasteiger partial charge in [-0.3, -0.25) is 0 Å². The lowest BCUT2D eigenvalue weighted by molar-refractivity contribution is 0.461. The van der Waals surface area contributed by atoms with E-state index in [1.807, 2.05) is 6.33 Å². The van der Waals surface area contributed by atoms with Crippen LogP contribution in [0.1, 0.15) is 58.2 Å². The van der Waals surface area contributed by atoms with Gasteiger partial charge in [0.15, 0.2) is 0 Å². The molecule has 0 bridgehead atoms. The Morgan fingerprint density at radius 3 is 2.79 bits per heavy atom. The average molecular weight is 192 g/mol. The quantitative estimate of drug-likeness (QED) is 0.715. The van der Waals surface area contributed by atoms with E-state index in [-0.39, 0.29) is 5.41 Å². The fourth-order valence-electron chi connectivity index (χ4n) is 2.01. The van der Waals surface area contributed by atoms with Gasteiger partial charge in [-0.05, 0) is 19.3 Å². The Bertz CT molecular complexity index is 308. The van der Waals surface area contributed by atoms with E-state index in [0.717, 1.165) is 6.04 Å². The first kappa shape index (κ1) is 9.75. The van der Waals surface area contributed by atoms with Crippen molar-refractivity contribution in [2.75, 3.05) is 0 Å². The van der Waals surface area contributed by atoms with Crippen LogP contribution in [0, 0.1) is 0 Å². The van der Waals surface area contributed by atoms with Crippen molar-refractivity contribution in [2.45, 2.75) is 57.9 Å². The molecule has 2 nitrogen and oxygen atoms in total. The molecule has 2 heteroatoms. The Balaban J connectivity index is 2.14. The first-order chi connectivity index (χ1) is 6.63. The second-order valence-corrected chi connectivity index (χ2v) is 5.07. The van der Waals surface area contributed by atoms with Crippen molar-refractivity contribution in [1.82, 2.24) is 9.55 Å². The molecule has 2 rings (SSSR count). The van der Waals surface area contributed by atoms with E-state index in [1.165, 1.54) is 31.4 Å². The van der Waals surface area contributed by atoms with Crippen LogP contribution in [0.25, 0.3) is 0 Å². The van der Waals surface area contributed by atoms with Gasteiger partial charge in [-0.15, -0.1) is 0 Å². The van der Waals surface area contributed by atoms with Gasteiger partial charge in [0, 0.05) is 17.7 Å². The molecule has 1 aliphatic rings. The van der Waals surface area contributed by atoms with Crippen molar-refractivity contribution in [1.29, 1.82) is 0 Å². The maximum atomic E-state index is 4.53. The molecule has 0 spiro atoms. The number of nitrogens with zero attached hydrogens (tertiary/aromatic N) is 2. The van der Waals surface area contributed by atoms with Gasteiger partial charge < -0.3 is 4.57 Å². The largest absolute Gasteiger partial charge is 0.334 e. The van der Waals surface area contributed by atoms with Crippen LogP contribution in [0.15, 0.2) is 12.5 Å². The Labute approximate surface area is 86.3 Å². The third-order valence-electron chi connectivity index (χ3n) is 3.14. The molecule has 1 aliphatic carbocycles. The summed E-state index contributed by atoms with van der Waals surface area (Å²) < 4.78 is 2.28. The van der Waals surface area contributed by atoms with Crippen LogP contribution in [-0.2, 0) is 5.41 Å². The van der Waals surface area contributed by atoms with Crippen LogP contribution in [0.4, 0.5) is 0 Å². The SMILES string of the molecule is CCCC(C)(C)c1cn(C2CC2)cn1. The van der Waals surface area contributed by atoms with E-state index in [0.29, 0.717) is 0 Å². The second kappa shape index (κ2) is 3.41. The minimum absolute atomic E-state index is 0.245. The Kier molecular flexibility index (Phi) is 2.38. The molecule has 0 amide bonds. The highest BCUT2D eigenvalue weighted by Crippen LogP contribution is 2.36. The maximum Gasteiger partial charge on any atom is 0.0952 e. The normalized spacial score (nSPS) is 17.4. The minimum Gasteiger partial charge on any atom is -0.334 e. The summed E-state index contributed by atoms with van der Waals surface area (Å²) in [6, 6.07) is 0.758. The second-order valence-electron chi connectivity index (χ2n) is 5.07. The van der Waals surface area contributed by atoms with Crippen LogP contribution in [0.3, 0.4) is 0 Å². The summed E-state index contributed by atoms with van der Waals surface area (Å²) in [5.41, 5.74) is 1.50. The fourth-order valence-corrected chi connectivity index (χ4v) is 2.01. The lowest BCUT2D eigenvalue weighted by atomic mass is 9.85. The zero-order chi connectivity index (χ0) is 10.2. The van der Waals surface area contributed by atoms with E-state index in [9.17, 15) is 0 Å². The highest BCUT2D eigenvalue weighted by molar-refractivity contribution is 5.12. The Morgan fingerprint density at radius 1 is 1.50 bits per heavy atom. The molecule has 0 aliphatic heterocycles. The lowest BCUT2D eigenvalue weighted by Crippen LogP contribution is -2.17. The van der Waals surface area contributed by atoms with Gasteiger partial charge in [-0.2, -0.15) is 0 Å². The topological polar surface area (TPSA) is 17.8 Å². The molecule has 78 valence electrons. The van der Waals surface area contributed by atoms with E-state index in [1.54, 1.807) is 0 Å². The van der Waals surface area contributed by atoms with Gasteiger partial charge in [-0.1, -0.05) is 27.2 Å². The zero-order valence-electron chi connectivity index (χ0n) is 9.45. The summed E-state index contributed by atoms with van der Waals surface area (Å²) in [5, 5.41) is 0. The third kappa shape index (κ3) is 1.84. The molecule has 0 saturated heterocycles. The van der Waals surface area contributed by atoms with Crippen LogP contribution in [-0.4, -0.2) is 9.55 Å². The summed E-state index contributed by atoms with van der Waals surface area (Å²) in [7, 11) is 0. The zero-order valence-corrected chi connectivity index (χ0v) is 9.45. The molecule has 0 radical (unpaired) electrons. The van der Waals surface area contributed by atoms with Crippen molar-refractivity contribution >= 4 is 0 Å². The summed E-state index contributed by atoms with van der Waals surface area (Å²) in [6.45, 7) is 6.81. The summed E-state index contributed by atoms with van der Waals surface area (Å²) in [6.07, 6.45) is 9.36. The average Bonchev–Trinajstić information content (AvgIpc) is 2.83. The van der Waals surface area contributed by atoms with Crippen molar-refractivity contribution in [3.05, 3.63) is 18.2 Å². The molecule has 1 aromatic rings. The first-order valence-electron chi connectivity index (χ1n) is 5.67. The predicted molar refractivity (Wildman–Crippen MR) is 58.4 cm³/mol. The molecule has 0 N–H and O–H groups in total. The van der Waals surface area contributed by atoms with Crippen LogP contribution < -0.4 is 0 Å². The van der Waals surface area contributed by atoms with Crippen LogP contribution in [0.5, 0.6) is 0 Å². The molecule has 0 atom stereocenters. The molecule has 1 aromatic heterocycles. The van der Waals surface area contributed by atoms with Gasteiger partial charge in [0.2, 0.25) is 0 Å². The van der Waals surface area contributed by atoms with Gasteiger partial charge in [-0.25, -0.2) is 4.98 Å². The molecule has 1 heterocycles. The molecule has 14 heavy (non-hydrogen) atoms. The first-order valence-corrected chi connectivity index (χ1v) is 5.67. The lowest BCUT2D eigenvalue weighted by Gasteiger charge is -2.21. The highest BCUT2D eigenvalue weighted by Gasteiger charge is 2.27. The molecule has 0 aromatic carbocycles. The summed E-state index contributed by atoms with van der Waals surface area (Å²) in [5.74, 6) is 0. The molecule has 0 unspecified atom stereocenters. The van der Waals surface area contributed by atoms with E-state index < -0.39 is 0 Å². The minimum atomic E-state index is 0.245. The monoisotopic (exact) mass is 192 g/mol. The van der Waals surface area contributed by atoms with Gasteiger partial charge in [0.05, 0.1) is 12.0 Å². The summed E-state index contributed by atoms with van der Waals surface area (Å²) >= 11 is 0. The number of rotatable bonds is 4. The standard InChI is InChI=1S/C12H20N2/c1-4-7-12(2,3)11-8-14(9-13-11)10-5-6-10/h8-10H,4-7H2,1-3H3. The third-order valence-corrected chi connectivity index (χ3v) is 3.14. The van der Waals surface area contributed by atoms with Gasteiger partial charge >= 0.3 is 0 Å². The Hall–Kier alpha value is -0.790. The molecule has 1 fully saturated rings. The summed E-state index contributed by atoms with van der Waals surface area (Å²) in [4.78, 5) is 4.53. The number of aromatic nitrogens is 2. The van der Waals surface area contributed by atoms with Gasteiger partial charge in [0.1, 0.15) is 0 Å². The smallest absolute Gasteiger partial charge is 0.0952 e. The van der Waals surface area contributed by atoms with E-state index in [4.69, 9.17) is 0 Å². The predicted octanol–water partition coefficient (Wildman–Crippen LogP) is 3.30. The number of hydrogen-bond acceptors (Lipinski definition) is 1. The molecular formula is C12H20N2. The molecular weight excluding hydrogens is 172 g/mol. The van der Waals surface area contributed by atoms with Gasteiger partial charge in [0.25, 0.3) is 0 Å². The maximum absolute atomic E-state index is 4.53. The van der Waals surface area contributed by atoms with Crippen molar-refractivity contribution in [3.63, 3.8) is 0 Å². The van der Waals surface area contributed by atoms with Crippen molar-refractivity contribution in [2.24, 2.45) is 0 Å². The van der Waals surface area contributed by atoms with Crippen molar-refractivity contribution in [3.8, 4) is 0 Å². The number of imidazole rings is 1. The number of hydrogen-bond donors (Lipinski definition) is 0. The Morgan fingerprint density at radius 2 is 2.21 bits per heavy atom. The van der Waals surface area contributed by atoms with Crippen LogP contribution in [0.2, 0.25) is 0 Å². The van der Waals surface area contributed by atoms with E-state index >= 15 is 0 Å². The van der Waals surface area contributed by atoms with E-state index in [2.05, 4.69) is 36.5 Å². The van der Waals surface area contributed by atoms with Crippen molar-refractivity contribution < 1.29 is 0 Å².